The molecule has 2 rings (SSSR count). The molecule has 1 unspecified atom stereocenters. The van der Waals surface area contributed by atoms with Crippen molar-refractivity contribution < 1.29 is 4.74 Å². The van der Waals surface area contributed by atoms with Crippen LogP contribution in [0.1, 0.15) is 5.69 Å². The molecule has 3 nitrogen and oxygen atoms in total. The zero-order valence-corrected chi connectivity index (χ0v) is 5.90. The van der Waals surface area contributed by atoms with Crippen LogP contribution in [0.5, 0.6) is 5.75 Å². The Kier molecular flexibility index (Phi) is 1.36. The van der Waals surface area contributed by atoms with Crippen LogP contribution in [0, 0.1) is 0 Å². The van der Waals surface area contributed by atoms with Gasteiger partial charge in [0.25, 0.3) is 0 Å². The third-order valence-electron chi connectivity index (χ3n) is 1.51. The third-order valence-corrected chi connectivity index (χ3v) is 1.51. The lowest BCUT2D eigenvalue weighted by Gasteiger charge is -2.16. The molecule has 1 aromatic rings. The van der Waals surface area contributed by atoms with Gasteiger partial charge in [-0.1, -0.05) is 0 Å². The number of fused-ring (bicyclic) bond motifs is 1. The van der Waals surface area contributed by atoms with E-state index in [1.54, 1.807) is 12.3 Å². The highest BCUT2D eigenvalue weighted by atomic mass is 16.5. The molecule has 3 heteroatoms. The molecule has 0 saturated heterocycles. The smallest absolute Gasteiger partial charge is 0.167 e. The van der Waals surface area contributed by atoms with Crippen LogP contribution < -0.4 is 10.5 Å². The highest BCUT2D eigenvalue weighted by Gasteiger charge is 2.09. The molecular formula is C8H8N2O. The quantitative estimate of drug-likeness (QED) is 0.591. The van der Waals surface area contributed by atoms with Gasteiger partial charge in [0.05, 0.1) is 0 Å². The lowest BCUT2D eigenvalue weighted by Crippen LogP contribution is -2.26. The molecule has 0 fully saturated rings. The van der Waals surface area contributed by atoms with E-state index in [0.717, 1.165) is 11.4 Å². The van der Waals surface area contributed by atoms with Gasteiger partial charge in [0.1, 0.15) is 11.4 Å². The van der Waals surface area contributed by atoms with Crippen LogP contribution in [0.2, 0.25) is 0 Å². The van der Waals surface area contributed by atoms with Crippen LogP contribution in [-0.2, 0) is 0 Å². The summed E-state index contributed by atoms with van der Waals surface area (Å²) in [6.07, 6.45) is 5.04. The second kappa shape index (κ2) is 2.36. The number of aromatic nitrogens is 1. The van der Waals surface area contributed by atoms with Crippen LogP contribution in [0.4, 0.5) is 0 Å². The van der Waals surface area contributed by atoms with Crippen LogP contribution in [0.25, 0.3) is 6.08 Å². The SMILES string of the molecule is NC1C=Cc2ncccc2O1. The molecule has 1 aliphatic rings. The predicted octanol–water partition coefficient (Wildman–Crippen LogP) is 0.772. The fourth-order valence-electron chi connectivity index (χ4n) is 0.999. The van der Waals surface area contributed by atoms with Crippen LogP contribution in [0.15, 0.2) is 24.4 Å². The van der Waals surface area contributed by atoms with E-state index in [9.17, 15) is 0 Å². The van der Waals surface area contributed by atoms with E-state index >= 15 is 0 Å². The van der Waals surface area contributed by atoms with Gasteiger partial charge in [-0.15, -0.1) is 0 Å². The zero-order valence-electron chi connectivity index (χ0n) is 5.90. The van der Waals surface area contributed by atoms with E-state index in [1.165, 1.54) is 0 Å². The Balaban J connectivity index is 2.46. The second-order valence-corrected chi connectivity index (χ2v) is 2.33. The van der Waals surface area contributed by atoms with Crippen molar-refractivity contribution in [3.63, 3.8) is 0 Å². The molecule has 0 aliphatic carbocycles. The van der Waals surface area contributed by atoms with E-state index in [-0.39, 0.29) is 6.23 Å². The van der Waals surface area contributed by atoms with Crippen molar-refractivity contribution >= 4 is 6.08 Å². The van der Waals surface area contributed by atoms with E-state index < -0.39 is 0 Å². The molecule has 0 amide bonds. The van der Waals surface area contributed by atoms with Gasteiger partial charge in [-0.25, -0.2) is 0 Å². The van der Waals surface area contributed by atoms with Gasteiger partial charge in [0.15, 0.2) is 6.23 Å². The molecule has 0 aromatic carbocycles. The first-order valence-corrected chi connectivity index (χ1v) is 3.42. The molecule has 2 heterocycles. The zero-order chi connectivity index (χ0) is 7.68. The number of ether oxygens (including phenoxy) is 1. The molecule has 56 valence electrons. The number of hydrogen-bond acceptors (Lipinski definition) is 3. The third kappa shape index (κ3) is 1.10. The van der Waals surface area contributed by atoms with Gasteiger partial charge < -0.3 is 4.74 Å². The van der Waals surface area contributed by atoms with Crippen molar-refractivity contribution in [2.45, 2.75) is 6.23 Å². The normalized spacial score (nSPS) is 20.6. The topological polar surface area (TPSA) is 48.1 Å². The molecule has 0 saturated carbocycles. The first-order valence-electron chi connectivity index (χ1n) is 3.42. The molecule has 0 spiro atoms. The number of rotatable bonds is 0. The predicted molar refractivity (Wildman–Crippen MR) is 41.9 cm³/mol. The molecule has 1 aliphatic heterocycles. The average Bonchev–Trinajstić information content (AvgIpc) is 2.04. The lowest BCUT2D eigenvalue weighted by atomic mass is 10.2. The first kappa shape index (κ1) is 6.37. The second-order valence-electron chi connectivity index (χ2n) is 2.33. The monoisotopic (exact) mass is 148 g/mol. The largest absolute Gasteiger partial charge is 0.470 e. The Morgan fingerprint density at radius 3 is 3.36 bits per heavy atom. The van der Waals surface area contributed by atoms with Gasteiger partial charge in [-0.3, -0.25) is 10.7 Å². The summed E-state index contributed by atoms with van der Waals surface area (Å²) in [7, 11) is 0. The van der Waals surface area contributed by atoms with Crippen molar-refractivity contribution in [2.24, 2.45) is 5.73 Å². The van der Waals surface area contributed by atoms with E-state index in [4.69, 9.17) is 10.5 Å². The summed E-state index contributed by atoms with van der Waals surface area (Å²) < 4.78 is 5.26. The molecule has 2 N–H and O–H groups in total. The van der Waals surface area contributed by atoms with Crippen molar-refractivity contribution in [3.05, 3.63) is 30.1 Å². The summed E-state index contributed by atoms with van der Waals surface area (Å²) in [5.41, 5.74) is 6.35. The first-order chi connectivity index (χ1) is 5.36. The Labute approximate surface area is 64.5 Å². The molecule has 0 bridgehead atoms. The van der Waals surface area contributed by atoms with Crippen LogP contribution >= 0.6 is 0 Å². The lowest BCUT2D eigenvalue weighted by molar-refractivity contribution is 0.253. The van der Waals surface area contributed by atoms with E-state index in [1.807, 2.05) is 18.2 Å². The Bertz CT molecular complexity index is 296. The van der Waals surface area contributed by atoms with Gasteiger partial charge in [-0.05, 0) is 24.3 Å². The molecule has 1 aromatic heterocycles. The average molecular weight is 148 g/mol. The summed E-state index contributed by atoms with van der Waals surface area (Å²) in [5.74, 6) is 0.752. The minimum atomic E-state index is -0.327. The van der Waals surface area contributed by atoms with Gasteiger partial charge in [-0.2, -0.15) is 0 Å². The number of pyridine rings is 1. The fourth-order valence-corrected chi connectivity index (χ4v) is 0.999. The van der Waals surface area contributed by atoms with Gasteiger partial charge >= 0.3 is 0 Å². The summed E-state index contributed by atoms with van der Waals surface area (Å²) in [6.45, 7) is 0. The maximum atomic E-state index is 5.51. The minimum absolute atomic E-state index is 0.327. The number of nitrogens with two attached hydrogens (primary N) is 1. The summed E-state index contributed by atoms with van der Waals surface area (Å²) in [6, 6.07) is 3.68. The van der Waals surface area contributed by atoms with Crippen LogP contribution in [-0.4, -0.2) is 11.2 Å². The van der Waals surface area contributed by atoms with Crippen LogP contribution in [0.3, 0.4) is 0 Å². The maximum Gasteiger partial charge on any atom is 0.167 e. The fraction of sp³-hybridized carbons (Fsp3) is 0.125. The molecule has 1 atom stereocenters. The van der Waals surface area contributed by atoms with Crippen molar-refractivity contribution in [1.29, 1.82) is 0 Å². The van der Waals surface area contributed by atoms with Gasteiger partial charge in [0, 0.05) is 6.20 Å². The highest BCUT2D eigenvalue weighted by molar-refractivity contribution is 5.55. The van der Waals surface area contributed by atoms with Gasteiger partial charge in [0.2, 0.25) is 0 Å². The summed E-state index contributed by atoms with van der Waals surface area (Å²) in [5, 5.41) is 0. The molecule has 11 heavy (non-hydrogen) atoms. The Morgan fingerprint density at radius 2 is 2.45 bits per heavy atom. The van der Waals surface area contributed by atoms with E-state index in [2.05, 4.69) is 4.98 Å². The Morgan fingerprint density at radius 1 is 1.55 bits per heavy atom. The maximum absolute atomic E-state index is 5.51. The number of hydrogen-bond donors (Lipinski definition) is 1. The van der Waals surface area contributed by atoms with E-state index in [0.29, 0.717) is 0 Å². The molecular weight excluding hydrogens is 140 g/mol. The van der Waals surface area contributed by atoms with Crippen molar-refractivity contribution in [1.82, 2.24) is 4.98 Å². The number of nitrogens with zero attached hydrogens (tertiary/aromatic N) is 1. The van der Waals surface area contributed by atoms with Crippen molar-refractivity contribution in [2.75, 3.05) is 0 Å². The standard InChI is InChI=1S/C8H8N2O/c9-8-4-3-6-7(11-8)2-1-5-10-6/h1-5,8H,9H2. The molecule has 0 radical (unpaired) electrons. The minimum Gasteiger partial charge on any atom is -0.470 e. The van der Waals surface area contributed by atoms with Crippen molar-refractivity contribution in [3.8, 4) is 5.75 Å². The Hall–Kier alpha value is -1.35. The summed E-state index contributed by atoms with van der Waals surface area (Å²) in [4.78, 5) is 4.09. The highest BCUT2D eigenvalue weighted by Crippen LogP contribution is 2.21. The summed E-state index contributed by atoms with van der Waals surface area (Å²) >= 11 is 0.